The summed E-state index contributed by atoms with van der Waals surface area (Å²) in [6.07, 6.45) is 1.42. The minimum atomic E-state index is -3.76. The molecule has 222 valence electrons. The number of esters is 1. The molecule has 0 saturated heterocycles. The second-order valence-electron chi connectivity index (χ2n) is 9.18. The molecule has 0 spiro atoms. The van der Waals surface area contributed by atoms with E-state index in [0.29, 0.717) is 41.5 Å². The minimum Gasteiger partial charge on any atom is -0.494 e. The van der Waals surface area contributed by atoms with Crippen molar-refractivity contribution in [1.29, 1.82) is 0 Å². The summed E-state index contributed by atoms with van der Waals surface area (Å²) in [7, 11) is -3.76. The monoisotopic (exact) mass is 601 g/mol. The average molecular weight is 602 g/mol. The third-order valence-corrected chi connectivity index (χ3v) is 7.38. The number of ether oxygens (including phenoxy) is 3. The van der Waals surface area contributed by atoms with Gasteiger partial charge in [-0.25, -0.2) is 18.6 Å². The molecule has 1 amide bonds. The van der Waals surface area contributed by atoms with Gasteiger partial charge in [0.1, 0.15) is 5.75 Å². The van der Waals surface area contributed by atoms with Gasteiger partial charge in [-0.1, -0.05) is 17.7 Å². The summed E-state index contributed by atoms with van der Waals surface area (Å²) >= 11 is 0. The van der Waals surface area contributed by atoms with E-state index in [9.17, 15) is 18.0 Å². The first-order valence-electron chi connectivity index (χ1n) is 13.4. The molecule has 0 atom stereocenters. The predicted octanol–water partition coefficient (Wildman–Crippen LogP) is 5.58. The summed E-state index contributed by atoms with van der Waals surface area (Å²) in [5.41, 5.74) is 4.92. The Balaban J connectivity index is 1.36. The van der Waals surface area contributed by atoms with Crippen LogP contribution >= 0.6 is 0 Å². The van der Waals surface area contributed by atoms with Crippen LogP contribution in [-0.2, 0) is 10.0 Å². The van der Waals surface area contributed by atoms with Crippen LogP contribution in [0.5, 0.6) is 17.2 Å². The van der Waals surface area contributed by atoms with Gasteiger partial charge in [0.25, 0.3) is 15.9 Å². The number of anilines is 1. The Kier molecular flexibility index (Phi) is 10.1. The second kappa shape index (κ2) is 14.1. The maximum atomic E-state index is 12.6. The molecule has 0 heterocycles. The number of carbonyl (C=O) groups excluding carboxylic acids is 2. The second-order valence-corrected chi connectivity index (χ2v) is 10.9. The Labute approximate surface area is 250 Å². The molecule has 0 unspecified atom stereocenters. The number of benzene rings is 4. The summed E-state index contributed by atoms with van der Waals surface area (Å²) in [6.45, 7) is 6.41. The van der Waals surface area contributed by atoms with Crippen LogP contribution in [0.1, 0.15) is 45.7 Å². The number of aryl methyl sites for hydroxylation is 1. The number of rotatable bonds is 12. The Bertz CT molecular complexity index is 1700. The lowest BCUT2D eigenvalue weighted by Gasteiger charge is -2.11. The lowest BCUT2D eigenvalue weighted by Crippen LogP contribution is -2.18. The van der Waals surface area contributed by atoms with Crippen LogP contribution in [0, 0.1) is 6.92 Å². The molecular formula is C32H31N3O7S. The molecule has 0 fully saturated rings. The number of nitrogens with one attached hydrogen (secondary N) is 2. The Morgan fingerprint density at radius 1 is 0.791 bits per heavy atom. The number of amides is 1. The van der Waals surface area contributed by atoms with E-state index in [1.807, 2.05) is 13.8 Å². The minimum absolute atomic E-state index is 0.139. The van der Waals surface area contributed by atoms with Crippen molar-refractivity contribution in [3.8, 4) is 17.2 Å². The van der Waals surface area contributed by atoms with Gasteiger partial charge in [-0.05, 0) is 105 Å². The van der Waals surface area contributed by atoms with Crippen molar-refractivity contribution in [3.05, 3.63) is 113 Å². The topological polar surface area (TPSA) is 132 Å². The number of nitrogens with zero attached hydrogens (tertiary/aromatic N) is 1. The maximum absolute atomic E-state index is 12.6. The van der Waals surface area contributed by atoms with E-state index in [0.717, 1.165) is 5.56 Å². The molecule has 0 radical (unpaired) electrons. The van der Waals surface area contributed by atoms with Crippen LogP contribution in [-0.4, -0.2) is 39.7 Å². The number of hydrogen-bond acceptors (Lipinski definition) is 8. The smallest absolute Gasteiger partial charge is 0.343 e. The normalized spacial score (nSPS) is 11.1. The van der Waals surface area contributed by atoms with Crippen molar-refractivity contribution in [2.24, 2.45) is 5.10 Å². The molecule has 0 aliphatic rings. The van der Waals surface area contributed by atoms with Gasteiger partial charge < -0.3 is 14.2 Å². The molecule has 0 aliphatic heterocycles. The van der Waals surface area contributed by atoms with Crippen LogP contribution in [0.25, 0.3) is 0 Å². The van der Waals surface area contributed by atoms with E-state index in [1.165, 1.54) is 42.6 Å². The van der Waals surface area contributed by atoms with Crippen LogP contribution < -0.4 is 24.4 Å². The van der Waals surface area contributed by atoms with E-state index in [-0.39, 0.29) is 16.2 Å². The van der Waals surface area contributed by atoms with Crippen molar-refractivity contribution in [1.82, 2.24) is 5.43 Å². The highest BCUT2D eigenvalue weighted by atomic mass is 32.2. The largest absolute Gasteiger partial charge is 0.494 e. The average Bonchev–Trinajstić information content (AvgIpc) is 2.99. The molecule has 0 saturated carbocycles. The fourth-order valence-corrected chi connectivity index (χ4v) is 4.88. The first-order chi connectivity index (χ1) is 20.7. The maximum Gasteiger partial charge on any atom is 0.343 e. The molecule has 11 heteroatoms. The zero-order valence-corrected chi connectivity index (χ0v) is 24.7. The zero-order chi connectivity index (χ0) is 30.8. The van der Waals surface area contributed by atoms with Gasteiger partial charge in [0.15, 0.2) is 11.5 Å². The summed E-state index contributed by atoms with van der Waals surface area (Å²) in [5.74, 6) is 0.186. The summed E-state index contributed by atoms with van der Waals surface area (Å²) < 4.78 is 44.3. The molecule has 2 N–H and O–H groups in total. The summed E-state index contributed by atoms with van der Waals surface area (Å²) in [5, 5.41) is 4.00. The molecule has 4 rings (SSSR count). The van der Waals surface area contributed by atoms with Gasteiger partial charge >= 0.3 is 5.97 Å². The third kappa shape index (κ3) is 8.43. The quantitative estimate of drug-likeness (QED) is 0.0938. The summed E-state index contributed by atoms with van der Waals surface area (Å²) in [6, 6.07) is 23.9. The van der Waals surface area contributed by atoms with Gasteiger partial charge in [0.2, 0.25) is 0 Å². The van der Waals surface area contributed by atoms with E-state index >= 15 is 0 Å². The highest BCUT2D eigenvalue weighted by Gasteiger charge is 2.15. The van der Waals surface area contributed by atoms with Crippen LogP contribution in [0.3, 0.4) is 0 Å². The van der Waals surface area contributed by atoms with Gasteiger partial charge in [-0.15, -0.1) is 0 Å². The van der Waals surface area contributed by atoms with Crippen molar-refractivity contribution in [2.75, 3.05) is 17.9 Å². The predicted molar refractivity (Wildman–Crippen MR) is 164 cm³/mol. The van der Waals surface area contributed by atoms with Crippen LogP contribution in [0.2, 0.25) is 0 Å². The summed E-state index contributed by atoms with van der Waals surface area (Å²) in [4.78, 5) is 25.4. The fraction of sp³-hybridized carbons (Fsp3) is 0.156. The Morgan fingerprint density at radius 2 is 1.44 bits per heavy atom. The highest BCUT2D eigenvalue weighted by Crippen LogP contribution is 2.29. The van der Waals surface area contributed by atoms with Gasteiger partial charge in [0, 0.05) is 11.3 Å². The number of hydrogen-bond donors (Lipinski definition) is 2. The van der Waals surface area contributed by atoms with Crippen molar-refractivity contribution in [3.63, 3.8) is 0 Å². The third-order valence-electron chi connectivity index (χ3n) is 5.98. The lowest BCUT2D eigenvalue weighted by molar-refractivity contribution is 0.0728. The highest BCUT2D eigenvalue weighted by molar-refractivity contribution is 7.92. The molecule has 0 aromatic heterocycles. The standard InChI is InChI=1S/C32H31N3O7S/c1-4-40-27-15-11-25(12-16-27)32(37)42-29-19-8-23(20-30(29)41-5-2)21-33-34-31(36)24-9-13-26(14-10-24)35-43(38,39)28-17-6-22(3)7-18-28/h6-21,35H,4-5H2,1-3H3,(H,34,36)/b33-21+. The number of carbonyl (C=O) groups is 2. The molecule has 4 aromatic rings. The van der Waals surface area contributed by atoms with E-state index < -0.39 is 21.9 Å². The number of hydrazone groups is 1. The van der Waals surface area contributed by atoms with Gasteiger partial charge in [-0.2, -0.15) is 5.10 Å². The van der Waals surface area contributed by atoms with Crippen molar-refractivity contribution < 1.29 is 32.2 Å². The molecule has 43 heavy (non-hydrogen) atoms. The Hall–Kier alpha value is -5.16. The first-order valence-corrected chi connectivity index (χ1v) is 14.9. The molecule has 0 aliphatic carbocycles. The zero-order valence-electron chi connectivity index (χ0n) is 23.9. The van der Waals surface area contributed by atoms with Gasteiger partial charge in [-0.3, -0.25) is 9.52 Å². The van der Waals surface area contributed by atoms with Crippen molar-refractivity contribution >= 4 is 33.8 Å². The van der Waals surface area contributed by atoms with Crippen LogP contribution in [0.15, 0.2) is 101 Å². The lowest BCUT2D eigenvalue weighted by atomic mass is 10.2. The first kappa shape index (κ1) is 30.8. The Morgan fingerprint density at radius 3 is 2.09 bits per heavy atom. The van der Waals surface area contributed by atoms with E-state index in [1.54, 1.807) is 61.5 Å². The molecular weight excluding hydrogens is 570 g/mol. The number of sulfonamides is 1. The van der Waals surface area contributed by atoms with Gasteiger partial charge in [0.05, 0.1) is 29.9 Å². The molecule has 4 aromatic carbocycles. The molecule has 0 bridgehead atoms. The van der Waals surface area contributed by atoms with Crippen LogP contribution in [0.4, 0.5) is 5.69 Å². The van der Waals surface area contributed by atoms with E-state index in [4.69, 9.17) is 14.2 Å². The fourth-order valence-electron chi connectivity index (χ4n) is 3.82. The SMILES string of the molecule is CCOc1ccc(C(=O)Oc2ccc(/C=N/NC(=O)c3ccc(NS(=O)(=O)c4ccc(C)cc4)cc3)cc2OCC)cc1. The molecule has 10 nitrogen and oxygen atoms in total. The van der Waals surface area contributed by atoms with Crippen molar-refractivity contribution in [2.45, 2.75) is 25.7 Å². The van der Waals surface area contributed by atoms with E-state index in [2.05, 4.69) is 15.2 Å².